The number of nitrogens with zero attached hydrogens (tertiary/aromatic N) is 2. The minimum Gasteiger partial charge on any atom is -0.372 e. The van der Waals surface area contributed by atoms with Crippen LogP contribution in [0.25, 0.3) is 0 Å². The molecule has 0 bridgehead atoms. The van der Waals surface area contributed by atoms with E-state index in [1.807, 2.05) is 12.1 Å². The molecule has 1 aromatic rings. The second-order valence-corrected chi connectivity index (χ2v) is 7.60. The van der Waals surface area contributed by atoms with E-state index in [2.05, 4.69) is 4.90 Å². The minimum absolute atomic E-state index is 0.336. The molecule has 0 spiro atoms. The number of piperidine rings is 1. The second kappa shape index (κ2) is 6.11. The van der Waals surface area contributed by atoms with Crippen LogP contribution in [0.2, 0.25) is 0 Å². The van der Waals surface area contributed by atoms with E-state index in [9.17, 15) is 8.42 Å². The molecule has 5 nitrogen and oxygen atoms in total. The van der Waals surface area contributed by atoms with Crippen LogP contribution in [-0.2, 0) is 10.0 Å². The van der Waals surface area contributed by atoms with Gasteiger partial charge in [0, 0.05) is 32.9 Å². The first-order valence-corrected chi connectivity index (χ1v) is 8.36. The monoisotopic (exact) mass is 297 g/mol. The predicted octanol–water partition coefficient (Wildman–Crippen LogP) is 1.11. The smallest absolute Gasteiger partial charge is 0.242 e. The third-order valence-electron chi connectivity index (χ3n) is 3.93. The molecule has 0 aromatic heterocycles. The zero-order valence-electron chi connectivity index (χ0n) is 12.1. The summed E-state index contributed by atoms with van der Waals surface area (Å²) in [6.07, 6.45) is 2.21. The van der Waals surface area contributed by atoms with Crippen molar-refractivity contribution in [2.45, 2.75) is 17.7 Å². The molecule has 20 heavy (non-hydrogen) atoms. The van der Waals surface area contributed by atoms with Crippen LogP contribution >= 0.6 is 0 Å². The summed E-state index contributed by atoms with van der Waals surface area (Å²) in [5, 5.41) is 0. The zero-order chi connectivity index (χ0) is 14.8. The average Bonchev–Trinajstić information content (AvgIpc) is 2.47. The molecule has 0 amide bonds. The molecule has 0 unspecified atom stereocenters. The van der Waals surface area contributed by atoms with Crippen molar-refractivity contribution in [1.29, 1.82) is 0 Å². The van der Waals surface area contributed by atoms with Crippen LogP contribution in [0.15, 0.2) is 29.2 Å². The van der Waals surface area contributed by atoms with E-state index in [4.69, 9.17) is 5.73 Å². The summed E-state index contributed by atoms with van der Waals surface area (Å²) < 4.78 is 25.2. The summed E-state index contributed by atoms with van der Waals surface area (Å²) in [6, 6.07) is 7.14. The van der Waals surface area contributed by atoms with Gasteiger partial charge in [-0.25, -0.2) is 12.7 Å². The fraction of sp³-hybridized carbons (Fsp3) is 0.571. The maximum atomic E-state index is 12.0. The van der Waals surface area contributed by atoms with Gasteiger partial charge in [0.1, 0.15) is 0 Å². The summed E-state index contributed by atoms with van der Waals surface area (Å²) in [6.45, 7) is 2.73. The van der Waals surface area contributed by atoms with Crippen LogP contribution in [-0.4, -0.2) is 46.5 Å². The van der Waals surface area contributed by atoms with E-state index in [0.717, 1.165) is 38.2 Å². The molecule has 0 aliphatic carbocycles. The molecule has 1 aromatic carbocycles. The maximum absolute atomic E-state index is 12.0. The van der Waals surface area contributed by atoms with Crippen molar-refractivity contribution in [3.8, 4) is 0 Å². The number of rotatable bonds is 4. The van der Waals surface area contributed by atoms with Crippen molar-refractivity contribution in [1.82, 2.24) is 4.31 Å². The topological polar surface area (TPSA) is 66.6 Å². The highest BCUT2D eigenvalue weighted by atomic mass is 32.2. The van der Waals surface area contributed by atoms with Gasteiger partial charge in [0.25, 0.3) is 0 Å². The van der Waals surface area contributed by atoms with Gasteiger partial charge in [0.2, 0.25) is 10.0 Å². The number of hydrogen-bond donors (Lipinski definition) is 1. The van der Waals surface area contributed by atoms with Crippen molar-refractivity contribution in [2.24, 2.45) is 11.7 Å². The number of anilines is 1. The number of hydrogen-bond acceptors (Lipinski definition) is 4. The van der Waals surface area contributed by atoms with E-state index < -0.39 is 10.0 Å². The van der Waals surface area contributed by atoms with Crippen molar-refractivity contribution < 1.29 is 8.42 Å². The first-order chi connectivity index (χ1) is 9.45. The highest BCUT2D eigenvalue weighted by Gasteiger charge is 2.20. The lowest BCUT2D eigenvalue weighted by molar-refractivity contribution is 0.414. The van der Waals surface area contributed by atoms with Crippen LogP contribution in [0.4, 0.5) is 5.69 Å². The van der Waals surface area contributed by atoms with Crippen LogP contribution < -0.4 is 10.6 Å². The summed E-state index contributed by atoms with van der Waals surface area (Å²) in [5.74, 6) is 0.625. The molecule has 2 N–H and O–H groups in total. The molecule has 2 rings (SSSR count). The molecule has 1 saturated heterocycles. The van der Waals surface area contributed by atoms with Gasteiger partial charge >= 0.3 is 0 Å². The van der Waals surface area contributed by atoms with E-state index >= 15 is 0 Å². The fourth-order valence-corrected chi connectivity index (χ4v) is 3.37. The van der Waals surface area contributed by atoms with Gasteiger partial charge in [-0.2, -0.15) is 0 Å². The Kier molecular flexibility index (Phi) is 4.67. The first-order valence-electron chi connectivity index (χ1n) is 6.92. The quantitative estimate of drug-likeness (QED) is 0.904. The van der Waals surface area contributed by atoms with Gasteiger partial charge in [-0.1, -0.05) is 0 Å². The fourth-order valence-electron chi connectivity index (χ4n) is 2.47. The normalized spacial score (nSPS) is 17.7. The van der Waals surface area contributed by atoms with Gasteiger partial charge < -0.3 is 10.6 Å². The van der Waals surface area contributed by atoms with Crippen LogP contribution in [0.1, 0.15) is 12.8 Å². The second-order valence-electron chi connectivity index (χ2n) is 5.45. The van der Waals surface area contributed by atoms with Gasteiger partial charge in [0.05, 0.1) is 4.90 Å². The highest BCUT2D eigenvalue weighted by molar-refractivity contribution is 7.89. The molecule has 1 aliphatic rings. The van der Waals surface area contributed by atoms with Gasteiger partial charge in [-0.05, 0) is 49.6 Å². The van der Waals surface area contributed by atoms with Crippen LogP contribution in [0.3, 0.4) is 0 Å². The van der Waals surface area contributed by atoms with Gasteiger partial charge in [-0.15, -0.1) is 0 Å². The lowest BCUT2D eigenvalue weighted by Crippen LogP contribution is -2.36. The largest absolute Gasteiger partial charge is 0.372 e. The summed E-state index contributed by atoms with van der Waals surface area (Å²) in [5.41, 5.74) is 6.78. The average molecular weight is 297 g/mol. The van der Waals surface area contributed by atoms with E-state index in [0.29, 0.717) is 10.8 Å². The zero-order valence-corrected chi connectivity index (χ0v) is 12.9. The van der Waals surface area contributed by atoms with Crippen molar-refractivity contribution in [3.63, 3.8) is 0 Å². The number of sulfonamides is 1. The third kappa shape index (κ3) is 3.13. The maximum Gasteiger partial charge on any atom is 0.242 e. The summed E-state index contributed by atoms with van der Waals surface area (Å²) in [4.78, 5) is 2.63. The third-order valence-corrected chi connectivity index (χ3v) is 5.76. The Morgan fingerprint density at radius 1 is 1.20 bits per heavy atom. The Labute approximate surface area is 121 Å². The number of nitrogens with two attached hydrogens (primary N) is 1. The van der Waals surface area contributed by atoms with E-state index in [-0.39, 0.29) is 0 Å². The molecule has 0 saturated carbocycles. The minimum atomic E-state index is -3.34. The molecular weight excluding hydrogens is 274 g/mol. The SMILES string of the molecule is CN(C)S(=O)(=O)c1ccc(N2CCC(CN)CC2)cc1. The van der Waals surface area contributed by atoms with E-state index in [1.54, 1.807) is 26.2 Å². The molecule has 0 atom stereocenters. The Bertz CT molecular complexity index is 532. The lowest BCUT2D eigenvalue weighted by atomic mass is 9.97. The van der Waals surface area contributed by atoms with Crippen molar-refractivity contribution in [3.05, 3.63) is 24.3 Å². The van der Waals surface area contributed by atoms with Crippen molar-refractivity contribution >= 4 is 15.7 Å². The molecular formula is C14H23N3O2S. The standard InChI is InChI=1S/C14H23N3O2S/c1-16(2)20(18,19)14-5-3-13(4-6-14)17-9-7-12(11-15)8-10-17/h3-6,12H,7-11,15H2,1-2H3. The highest BCUT2D eigenvalue weighted by Crippen LogP contribution is 2.24. The molecule has 112 valence electrons. The van der Waals surface area contributed by atoms with E-state index in [1.165, 1.54) is 4.31 Å². The number of benzene rings is 1. The van der Waals surface area contributed by atoms with Crippen LogP contribution in [0, 0.1) is 5.92 Å². The first kappa shape index (κ1) is 15.3. The molecule has 6 heteroatoms. The van der Waals surface area contributed by atoms with Crippen LogP contribution in [0.5, 0.6) is 0 Å². The summed E-state index contributed by atoms with van der Waals surface area (Å²) in [7, 11) is -0.254. The molecule has 1 heterocycles. The van der Waals surface area contributed by atoms with Gasteiger partial charge in [-0.3, -0.25) is 0 Å². The van der Waals surface area contributed by atoms with Crippen molar-refractivity contribution in [2.75, 3.05) is 38.6 Å². The Hall–Kier alpha value is -1.11. The Morgan fingerprint density at radius 3 is 2.20 bits per heavy atom. The Balaban J connectivity index is 2.10. The molecule has 1 aliphatic heterocycles. The lowest BCUT2D eigenvalue weighted by Gasteiger charge is -2.33. The Morgan fingerprint density at radius 2 is 1.75 bits per heavy atom. The summed E-state index contributed by atoms with van der Waals surface area (Å²) >= 11 is 0. The molecule has 0 radical (unpaired) electrons. The van der Waals surface area contributed by atoms with Gasteiger partial charge in [0.15, 0.2) is 0 Å². The molecule has 1 fully saturated rings. The predicted molar refractivity (Wildman–Crippen MR) is 81.3 cm³/mol.